The summed E-state index contributed by atoms with van der Waals surface area (Å²) in [7, 11) is 1.68. The van der Waals surface area contributed by atoms with Gasteiger partial charge in [0.1, 0.15) is 5.75 Å². The third-order valence-corrected chi connectivity index (χ3v) is 4.67. The predicted molar refractivity (Wildman–Crippen MR) is 88.7 cm³/mol. The Balaban J connectivity index is 2.71. The summed E-state index contributed by atoms with van der Waals surface area (Å²) in [6.07, 6.45) is 1.98. The van der Waals surface area contributed by atoms with Crippen LogP contribution in [0.1, 0.15) is 39.7 Å². The molecular formula is C16H27BrN2O. The first-order valence-corrected chi connectivity index (χ1v) is 7.85. The lowest BCUT2D eigenvalue weighted by molar-refractivity contribution is 0.222. The van der Waals surface area contributed by atoms with Crippen LogP contribution in [0.4, 0.5) is 0 Å². The molecule has 0 radical (unpaired) electrons. The molecule has 3 N–H and O–H groups in total. The highest BCUT2D eigenvalue weighted by Gasteiger charge is 2.23. The summed E-state index contributed by atoms with van der Waals surface area (Å²) in [6, 6.07) is 6.46. The van der Waals surface area contributed by atoms with Crippen LogP contribution in [0.5, 0.6) is 5.75 Å². The number of hydrogen-bond donors (Lipinski definition) is 2. The van der Waals surface area contributed by atoms with E-state index < -0.39 is 0 Å². The molecule has 0 amide bonds. The zero-order chi connectivity index (χ0) is 15.3. The van der Waals surface area contributed by atoms with Gasteiger partial charge in [-0.2, -0.15) is 0 Å². The number of nitrogens with two attached hydrogens (primary N) is 1. The first-order chi connectivity index (χ1) is 9.27. The van der Waals surface area contributed by atoms with Crippen molar-refractivity contribution >= 4 is 15.9 Å². The second-order valence-electron chi connectivity index (χ2n) is 6.54. The number of benzene rings is 1. The summed E-state index contributed by atoms with van der Waals surface area (Å²) in [4.78, 5) is 0. The SMILES string of the molecule is COc1ccc(CC(CC(C)C(C)(C)C)NN)cc1Br. The van der Waals surface area contributed by atoms with Crippen molar-refractivity contribution < 1.29 is 4.74 Å². The molecule has 1 rings (SSSR count). The monoisotopic (exact) mass is 342 g/mol. The molecule has 2 unspecified atom stereocenters. The van der Waals surface area contributed by atoms with Crippen LogP contribution in [-0.2, 0) is 6.42 Å². The Morgan fingerprint density at radius 2 is 2.00 bits per heavy atom. The van der Waals surface area contributed by atoms with Crippen molar-refractivity contribution in [1.29, 1.82) is 0 Å². The number of nitrogens with one attached hydrogen (secondary N) is 1. The standard InChI is InChI=1S/C16H27BrN2O/c1-11(16(2,3)4)8-13(19-18)9-12-6-7-15(20-5)14(17)10-12/h6-7,10-11,13,19H,8-9,18H2,1-5H3. The molecule has 2 atom stereocenters. The van der Waals surface area contributed by atoms with E-state index in [9.17, 15) is 0 Å². The molecule has 0 saturated heterocycles. The maximum absolute atomic E-state index is 5.72. The minimum Gasteiger partial charge on any atom is -0.496 e. The Morgan fingerprint density at radius 1 is 1.35 bits per heavy atom. The van der Waals surface area contributed by atoms with E-state index in [0.29, 0.717) is 11.3 Å². The van der Waals surface area contributed by atoms with E-state index in [4.69, 9.17) is 10.6 Å². The fourth-order valence-corrected chi connectivity index (χ4v) is 2.70. The minimum absolute atomic E-state index is 0.282. The Bertz CT molecular complexity index is 429. The van der Waals surface area contributed by atoms with Crippen LogP contribution in [0, 0.1) is 11.3 Å². The Morgan fingerprint density at radius 3 is 2.45 bits per heavy atom. The molecular weight excluding hydrogens is 316 g/mol. The van der Waals surface area contributed by atoms with E-state index in [0.717, 1.165) is 23.1 Å². The zero-order valence-corrected chi connectivity index (χ0v) is 14.8. The summed E-state index contributed by atoms with van der Waals surface area (Å²) in [5.41, 5.74) is 4.51. The molecule has 0 aliphatic rings. The van der Waals surface area contributed by atoms with Gasteiger partial charge in [-0.1, -0.05) is 33.8 Å². The zero-order valence-electron chi connectivity index (χ0n) is 13.2. The highest BCUT2D eigenvalue weighted by Crippen LogP contribution is 2.30. The predicted octanol–water partition coefficient (Wildman–Crippen LogP) is 3.90. The molecule has 3 nitrogen and oxygen atoms in total. The smallest absolute Gasteiger partial charge is 0.133 e. The number of hydrazine groups is 1. The molecule has 0 aliphatic heterocycles. The number of halogens is 1. The van der Waals surface area contributed by atoms with Crippen LogP contribution in [0.3, 0.4) is 0 Å². The fraction of sp³-hybridized carbons (Fsp3) is 0.625. The molecule has 0 aliphatic carbocycles. The van der Waals surface area contributed by atoms with Crippen molar-refractivity contribution in [3.8, 4) is 5.75 Å². The van der Waals surface area contributed by atoms with E-state index in [2.05, 4.69) is 61.2 Å². The third-order valence-electron chi connectivity index (χ3n) is 4.05. The number of ether oxygens (including phenoxy) is 1. The average Bonchev–Trinajstić information content (AvgIpc) is 2.37. The maximum Gasteiger partial charge on any atom is 0.133 e. The third kappa shape index (κ3) is 5.08. The molecule has 0 spiro atoms. The molecule has 0 saturated carbocycles. The van der Waals surface area contributed by atoms with Crippen LogP contribution in [-0.4, -0.2) is 13.2 Å². The van der Waals surface area contributed by atoms with Crippen LogP contribution in [0.2, 0.25) is 0 Å². The van der Waals surface area contributed by atoms with Gasteiger partial charge in [-0.25, -0.2) is 0 Å². The van der Waals surface area contributed by atoms with Gasteiger partial charge < -0.3 is 4.74 Å². The summed E-state index contributed by atoms with van der Waals surface area (Å²) >= 11 is 3.53. The second kappa shape index (κ2) is 7.43. The second-order valence-corrected chi connectivity index (χ2v) is 7.39. The molecule has 114 valence electrons. The summed E-state index contributed by atoms with van der Waals surface area (Å²) in [6.45, 7) is 9.11. The van der Waals surface area contributed by atoms with E-state index in [1.165, 1.54) is 5.56 Å². The Labute approximate surface area is 131 Å². The quantitative estimate of drug-likeness (QED) is 0.608. The first-order valence-electron chi connectivity index (χ1n) is 7.06. The lowest BCUT2D eigenvalue weighted by Gasteiger charge is -2.30. The van der Waals surface area contributed by atoms with Gasteiger partial charge in [0.25, 0.3) is 0 Å². The number of hydrogen-bond acceptors (Lipinski definition) is 3. The van der Waals surface area contributed by atoms with E-state index in [1.807, 2.05) is 6.07 Å². The molecule has 0 bridgehead atoms. The molecule has 20 heavy (non-hydrogen) atoms. The van der Waals surface area contributed by atoms with Crippen LogP contribution in [0.15, 0.2) is 22.7 Å². The summed E-state index contributed by atoms with van der Waals surface area (Å²) in [5.74, 6) is 7.18. The van der Waals surface area contributed by atoms with Gasteiger partial charge in [0, 0.05) is 6.04 Å². The summed E-state index contributed by atoms with van der Waals surface area (Å²) in [5, 5.41) is 0. The van der Waals surface area contributed by atoms with Gasteiger partial charge in [-0.15, -0.1) is 0 Å². The van der Waals surface area contributed by atoms with Crippen LogP contribution >= 0.6 is 15.9 Å². The highest BCUT2D eigenvalue weighted by atomic mass is 79.9. The van der Waals surface area contributed by atoms with E-state index >= 15 is 0 Å². The van der Waals surface area contributed by atoms with Crippen molar-refractivity contribution in [2.24, 2.45) is 17.2 Å². The van der Waals surface area contributed by atoms with E-state index in [-0.39, 0.29) is 6.04 Å². The van der Waals surface area contributed by atoms with Gasteiger partial charge in [0.15, 0.2) is 0 Å². The van der Waals surface area contributed by atoms with E-state index in [1.54, 1.807) is 7.11 Å². The average molecular weight is 343 g/mol. The number of rotatable bonds is 6. The van der Waals surface area contributed by atoms with Gasteiger partial charge in [-0.05, 0) is 57.8 Å². The first kappa shape index (κ1) is 17.5. The highest BCUT2D eigenvalue weighted by molar-refractivity contribution is 9.10. The molecule has 0 aromatic heterocycles. The molecule has 1 aromatic carbocycles. The van der Waals surface area contributed by atoms with Crippen molar-refractivity contribution in [3.05, 3.63) is 28.2 Å². The van der Waals surface area contributed by atoms with Crippen molar-refractivity contribution in [2.45, 2.75) is 46.6 Å². The maximum atomic E-state index is 5.72. The van der Waals surface area contributed by atoms with Gasteiger partial charge >= 0.3 is 0 Å². The van der Waals surface area contributed by atoms with Crippen molar-refractivity contribution in [1.82, 2.24) is 5.43 Å². The van der Waals surface area contributed by atoms with Gasteiger partial charge in [-0.3, -0.25) is 11.3 Å². The summed E-state index contributed by atoms with van der Waals surface area (Å²) < 4.78 is 6.24. The molecule has 0 fully saturated rings. The Kier molecular flexibility index (Phi) is 6.49. The molecule has 1 aromatic rings. The normalized spacial score (nSPS) is 14.9. The van der Waals surface area contributed by atoms with Crippen LogP contribution < -0.4 is 16.0 Å². The number of methoxy groups -OCH3 is 1. The van der Waals surface area contributed by atoms with Crippen molar-refractivity contribution in [2.75, 3.05) is 7.11 Å². The van der Waals surface area contributed by atoms with Gasteiger partial charge in [0.05, 0.1) is 11.6 Å². The fourth-order valence-electron chi connectivity index (χ4n) is 2.11. The largest absolute Gasteiger partial charge is 0.496 e. The van der Waals surface area contributed by atoms with Crippen LogP contribution in [0.25, 0.3) is 0 Å². The lowest BCUT2D eigenvalue weighted by atomic mass is 9.78. The van der Waals surface area contributed by atoms with Gasteiger partial charge in [0.2, 0.25) is 0 Å². The Hall–Kier alpha value is -0.580. The minimum atomic E-state index is 0.282. The molecule has 4 heteroatoms. The van der Waals surface area contributed by atoms with Crippen molar-refractivity contribution in [3.63, 3.8) is 0 Å². The topological polar surface area (TPSA) is 47.3 Å². The lowest BCUT2D eigenvalue weighted by Crippen LogP contribution is -2.39. The molecule has 0 heterocycles.